The molecule has 0 fully saturated rings. The molecule has 6 nitrogen and oxygen atoms in total. The lowest BCUT2D eigenvalue weighted by molar-refractivity contribution is 0.461. The summed E-state index contributed by atoms with van der Waals surface area (Å²) in [4.78, 5) is 1.45. The van der Waals surface area contributed by atoms with Crippen LogP contribution >= 0.6 is 0 Å². The van der Waals surface area contributed by atoms with Gasteiger partial charge in [0, 0.05) is 17.0 Å². The summed E-state index contributed by atoms with van der Waals surface area (Å²) in [7, 11) is 0. The lowest BCUT2D eigenvalue weighted by atomic mass is 9.89. The number of aromatic hydroxyl groups is 1. The number of aromatic nitrogens is 3. The summed E-state index contributed by atoms with van der Waals surface area (Å²) >= 11 is 0. The molecule has 0 atom stereocenters. The SMILES string of the molecule is Cc1cc(C2C(=N)C3=C(CCCC3)C2=N)c(O)c(-n2nc3ccccc3n2)c1. The molecule has 1 heterocycles. The van der Waals surface area contributed by atoms with E-state index in [4.69, 9.17) is 10.8 Å². The fourth-order valence-corrected chi connectivity index (χ4v) is 4.43. The summed E-state index contributed by atoms with van der Waals surface area (Å²) in [6, 6.07) is 11.3. The average molecular weight is 371 g/mol. The van der Waals surface area contributed by atoms with Crippen molar-refractivity contribution in [3.05, 3.63) is 58.7 Å². The third-order valence-electron chi connectivity index (χ3n) is 5.77. The summed E-state index contributed by atoms with van der Waals surface area (Å²) in [5.74, 6) is -0.461. The van der Waals surface area contributed by atoms with Gasteiger partial charge in [-0.25, -0.2) is 0 Å². The first-order chi connectivity index (χ1) is 13.5. The number of phenols is 1. The second-order valence-corrected chi connectivity index (χ2v) is 7.62. The quantitative estimate of drug-likeness (QED) is 0.621. The van der Waals surface area contributed by atoms with Crippen LogP contribution in [0.2, 0.25) is 0 Å². The topological polar surface area (TPSA) is 98.6 Å². The van der Waals surface area contributed by atoms with E-state index in [2.05, 4.69) is 10.2 Å². The van der Waals surface area contributed by atoms with Crippen LogP contribution in [0.1, 0.15) is 42.7 Å². The first-order valence-electron chi connectivity index (χ1n) is 9.60. The first kappa shape index (κ1) is 16.9. The van der Waals surface area contributed by atoms with Crippen LogP contribution in [0.3, 0.4) is 0 Å². The second-order valence-electron chi connectivity index (χ2n) is 7.62. The van der Waals surface area contributed by atoms with Crippen molar-refractivity contribution in [2.75, 3.05) is 0 Å². The number of hydrogen-bond acceptors (Lipinski definition) is 5. The Balaban J connectivity index is 1.64. The summed E-state index contributed by atoms with van der Waals surface area (Å²) in [5, 5.41) is 37.5. The zero-order valence-electron chi connectivity index (χ0n) is 15.7. The summed E-state index contributed by atoms with van der Waals surface area (Å²) in [6.07, 6.45) is 3.85. The van der Waals surface area contributed by atoms with Crippen LogP contribution in [-0.2, 0) is 0 Å². The molecular weight excluding hydrogens is 350 g/mol. The first-order valence-corrected chi connectivity index (χ1v) is 9.60. The van der Waals surface area contributed by atoms with Crippen molar-refractivity contribution in [1.82, 2.24) is 15.0 Å². The molecule has 2 aromatic carbocycles. The molecular formula is C22H21N5O. The van der Waals surface area contributed by atoms with Crippen molar-refractivity contribution in [3.8, 4) is 11.4 Å². The van der Waals surface area contributed by atoms with Crippen LogP contribution in [0.5, 0.6) is 5.75 Å². The summed E-state index contributed by atoms with van der Waals surface area (Å²) in [5.41, 5.74) is 6.47. The lowest BCUT2D eigenvalue weighted by Crippen LogP contribution is -2.16. The molecule has 0 radical (unpaired) electrons. The smallest absolute Gasteiger partial charge is 0.147 e. The Morgan fingerprint density at radius 3 is 2.11 bits per heavy atom. The van der Waals surface area contributed by atoms with Crippen LogP contribution in [0, 0.1) is 17.7 Å². The Bertz CT molecular complexity index is 1130. The highest BCUT2D eigenvalue weighted by Gasteiger charge is 2.38. The number of fused-ring (bicyclic) bond motifs is 1. The number of nitrogens with one attached hydrogen (secondary N) is 2. The number of hydrogen-bond donors (Lipinski definition) is 3. The van der Waals surface area contributed by atoms with E-state index >= 15 is 0 Å². The van der Waals surface area contributed by atoms with E-state index in [1.807, 2.05) is 43.3 Å². The summed E-state index contributed by atoms with van der Waals surface area (Å²) < 4.78 is 0. The third-order valence-corrected chi connectivity index (χ3v) is 5.77. The Kier molecular flexibility index (Phi) is 3.69. The lowest BCUT2D eigenvalue weighted by Gasteiger charge is -2.17. The van der Waals surface area contributed by atoms with E-state index in [0.717, 1.165) is 53.4 Å². The Morgan fingerprint density at radius 2 is 1.54 bits per heavy atom. The van der Waals surface area contributed by atoms with Gasteiger partial charge < -0.3 is 15.9 Å². The minimum Gasteiger partial charge on any atom is -0.505 e. The van der Waals surface area contributed by atoms with E-state index in [1.165, 1.54) is 4.80 Å². The molecule has 0 spiro atoms. The number of phenolic OH excluding ortho intramolecular Hbond substituents is 1. The maximum Gasteiger partial charge on any atom is 0.147 e. The van der Waals surface area contributed by atoms with Crippen LogP contribution in [0.25, 0.3) is 16.7 Å². The van der Waals surface area contributed by atoms with Gasteiger partial charge in [0.2, 0.25) is 0 Å². The van der Waals surface area contributed by atoms with Crippen molar-refractivity contribution in [1.29, 1.82) is 10.8 Å². The minimum atomic E-state index is -0.508. The van der Waals surface area contributed by atoms with Gasteiger partial charge in [-0.1, -0.05) is 18.2 Å². The zero-order valence-corrected chi connectivity index (χ0v) is 15.7. The van der Waals surface area contributed by atoms with E-state index in [-0.39, 0.29) is 5.75 Å². The molecule has 2 aliphatic carbocycles. The third kappa shape index (κ3) is 2.41. The van der Waals surface area contributed by atoms with Gasteiger partial charge in [0.1, 0.15) is 22.5 Å². The van der Waals surface area contributed by atoms with E-state index in [1.54, 1.807) is 0 Å². The monoisotopic (exact) mass is 371 g/mol. The molecule has 0 saturated heterocycles. The van der Waals surface area contributed by atoms with Crippen molar-refractivity contribution < 1.29 is 5.11 Å². The van der Waals surface area contributed by atoms with Gasteiger partial charge in [-0.2, -0.15) is 0 Å². The van der Waals surface area contributed by atoms with E-state index in [0.29, 0.717) is 22.7 Å². The van der Waals surface area contributed by atoms with Gasteiger partial charge in [-0.3, -0.25) is 0 Å². The minimum absolute atomic E-state index is 0.0465. The van der Waals surface area contributed by atoms with Gasteiger partial charge in [-0.15, -0.1) is 15.0 Å². The normalized spacial score (nSPS) is 19.5. The molecule has 3 N–H and O–H groups in total. The Morgan fingerprint density at radius 1 is 0.964 bits per heavy atom. The zero-order chi connectivity index (χ0) is 19.4. The number of allylic oxidation sites excluding steroid dienone is 2. The average Bonchev–Trinajstić information content (AvgIpc) is 3.23. The highest BCUT2D eigenvalue weighted by atomic mass is 16.3. The second kappa shape index (κ2) is 6.12. The van der Waals surface area contributed by atoms with Crippen molar-refractivity contribution in [3.63, 3.8) is 0 Å². The molecule has 5 rings (SSSR count). The summed E-state index contributed by atoms with van der Waals surface area (Å²) in [6.45, 7) is 1.95. The van der Waals surface area contributed by atoms with Crippen molar-refractivity contribution >= 4 is 22.5 Å². The number of nitrogens with zero attached hydrogens (tertiary/aromatic N) is 3. The molecule has 2 aliphatic rings. The molecule has 140 valence electrons. The highest BCUT2D eigenvalue weighted by Crippen LogP contribution is 2.44. The highest BCUT2D eigenvalue weighted by molar-refractivity contribution is 6.30. The van der Waals surface area contributed by atoms with Crippen LogP contribution in [0.4, 0.5) is 0 Å². The predicted molar refractivity (Wildman–Crippen MR) is 109 cm³/mol. The van der Waals surface area contributed by atoms with E-state index < -0.39 is 5.92 Å². The van der Waals surface area contributed by atoms with Crippen molar-refractivity contribution in [2.45, 2.75) is 38.5 Å². The van der Waals surface area contributed by atoms with Crippen LogP contribution in [0.15, 0.2) is 47.5 Å². The maximum atomic E-state index is 11.1. The van der Waals surface area contributed by atoms with Crippen LogP contribution in [-0.4, -0.2) is 31.5 Å². The molecule has 0 unspecified atom stereocenters. The number of benzene rings is 2. The number of aryl methyl sites for hydroxylation is 1. The largest absolute Gasteiger partial charge is 0.505 e. The van der Waals surface area contributed by atoms with Gasteiger partial charge >= 0.3 is 0 Å². The van der Waals surface area contributed by atoms with Gasteiger partial charge in [0.05, 0.1) is 5.92 Å². The van der Waals surface area contributed by atoms with Crippen molar-refractivity contribution in [2.24, 2.45) is 0 Å². The molecule has 1 aromatic heterocycles. The fraction of sp³-hybridized carbons (Fsp3) is 0.273. The molecule has 3 aromatic rings. The molecule has 0 saturated carbocycles. The van der Waals surface area contributed by atoms with Crippen LogP contribution < -0.4 is 0 Å². The molecule has 28 heavy (non-hydrogen) atoms. The fourth-order valence-electron chi connectivity index (χ4n) is 4.43. The van der Waals surface area contributed by atoms with Gasteiger partial charge in [0.15, 0.2) is 0 Å². The number of rotatable bonds is 2. The molecule has 0 aliphatic heterocycles. The van der Waals surface area contributed by atoms with Gasteiger partial charge in [0.25, 0.3) is 0 Å². The van der Waals surface area contributed by atoms with Gasteiger partial charge in [-0.05, 0) is 67.5 Å². The Hall–Kier alpha value is -3.28. The maximum absolute atomic E-state index is 11.1. The standard InChI is InChI=1S/C22H21N5O/c1-12-10-15(19-20(23)13-6-2-3-7-14(13)21(19)24)22(28)18(11-12)27-25-16-8-4-5-9-17(16)26-27/h4-5,8-11,19,23-24,28H,2-3,6-7H2,1H3. The molecule has 6 heteroatoms. The molecule has 0 amide bonds. The van der Waals surface area contributed by atoms with E-state index in [9.17, 15) is 5.11 Å². The Labute approximate surface area is 162 Å². The molecule has 0 bridgehead atoms. The predicted octanol–water partition coefficient (Wildman–Crippen LogP) is 4.44.